The first-order valence-corrected chi connectivity index (χ1v) is 9.09. The van der Waals surface area contributed by atoms with Gasteiger partial charge in [-0.1, -0.05) is 6.07 Å². The van der Waals surface area contributed by atoms with Gasteiger partial charge in [0.2, 0.25) is 0 Å². The summed E-state index contributed by atoms with van der Waals surface area (Å²) in [6.07, 6.45) is 2.98. The van der Waals surface area contributed by atoms with E-state index in [0.29, 0.717) is 16.9 Å². The van der Waals surface area contributed by atoms with E-state index in [-0.39, 0.29) is 30.1 Å². The lowest BCUT2D eigenvalue weighted by atomic mass is 10.0. The standard InChI is InChI=1S/C22H19F2N3O3/c1-30-16-5-7-17(20(24)12-16)14-4-6-18(19(23)11-14)22(29)27-10-9-26-21(28)15-3-2-8-25-13-15/h2-8,11-13H,9-10H2,1H3,(H,26,28)(H,27,29). The van der Waals surface area contributed by atoms with Gasteiger partial charge in [-0.2, -0.15) is 0 Å². The number of nitrogens with one attached hydrogen (secondary N) is 2. The molecule has 0 aliphatic carbocycles. The summed E-state index contributed by atoms with van der Waals surface area (Å²) < 4.78 is 33.6. The van der Waals surface area contributed by atoms with Crippen LogP contribution in [0.1, 0.15) is 20.7 Å². The SMILES string of the molecule is COc1ccc(-c2ccc(C(=O)NCCNC(=O)c3cccnc3)c(F)c2)c(F)c1. The number of carbonyl (C=O) groups excluding carboxylic acids is 2. The molecular formula is C22H19F2N3O3. The molecular weight excluding hydrogens is 392 g/mol. The first-order valence-electron chi connectivity index (χ1n) is 9.09. The van der Waals surface area contributed by atoms with E-state index in [4.69, 9.17) is 4.74 Å². The van der Waals surface area contributed by atoms with E-state index in [9.17, 15) is 18.4 Å². The molecule has 3 aromatic rings. The van der Waals surface area contributed by atoms with Crippen LogP contribution in [0.2, 0.25) is 0 Å². The van der Waals surface area contributed by atoms with Gasteiger partial charge in [-0.15, -0.1) is 0 Å². The second-order valence-corrected chi connectivity index (χ2v) is 6.29. The highest BCUT2D eigenvalue weighted by molar-refractivity contribution is 5.95. The van der Waals surface area contributed by atoms with Crippen LogP contribution >= 0.6 is 0 Å². The average Bonchev–Trinajstić information content (AvgIpc) is 2.76. The molecule has 2 N–H and O–H groups in total. The Balaban J connectivity index is 1.58. The highest BCUT2D eigenvalue weighted by atomic mass is 19.1. The van der Waals surface area contributed by atoms with Crippen molar-refractivity contribution >= 4 is 11.8 Å². The first-order chi connectivity index (χ1) is 14.5. The summed E-state index contributed by atoms with van der Waals surface area (Å²) in [6, 6.07) is 11.4. The molecule has 1 aromatic heterocycles. The third-order valence-corrected chi connectivity index (χ3v) is 4.32. The van der Waals surface area contributed by atoms with Crippen LogP contribution in [0.25, 0.3) is 11.1 Å². The third kappa shape index (κ3) is 4.96. The number of ether oxygens (including phenoxy) is 1. The van der Waals surface area contributed by atoms with Crippen molar-refractivity contribution in [3.8, 4) is 16.9 Å². The van der Waals surface area contributed by atoms with E-state index in [1.807, 2.05) is 0 Å². The number of rotatable bonds is 7. The Kier molecular flexibility index (Phi) is 6.69. The number of benzene rings is 2. The van der Waals surface area contributed by atoms with Crippen LogP contribution in [-0.2, 0) is 0 Å². The van der Waals surface area contributed by atoms with Gasteiger partial charge in [0, 0.05) is 37.1 Å². The Morgan fingerprint density at radius 3 is 2.37 bits per heavy atom. The molecule has 6 nitrogen and oxygen atoms in total. The van der Waals surface area contributed by atoms with Gasteiger partial charge in [0.25, 0.3) is 11.8 Å². The number of methoxy groups -OCH3 is 1. The fourth-order valence-electron chi connectivity index (χ4n) is 2.77. The minimum absolute atomic E-state index is 0.110. The first kappa shape index (κ1) is 20.9. The molecule has 0 saturated carbocycles. The quantitative estimate of drug-likeness (QED) is 0.585. The van der Waals surface area contributed by atoms with Gasteiger partial charge in [-0.05, 0) is 42.0 Å². The summed E-state index contributed by atoms with van der Waals surface area (Å²) in [6.45, 7) is 0.273. The summed E-state index contributed by atoms with van der Waals surface area (Å²) in [4.78, 5) is 28.0. The lowest BCUT2D eigenvalue weighted by Gasteiger charge is -2.10. The molecule has 0 saturated heterocycles. The van der Waals surface area contributed by atoms with E-state index in [1.165, 1.54) is 37.6 Å². The van der Waals surface area contributed by atoms with Gasteiger partial charge in [-0.25, -0.2) is 8.78 Å². The fraction of sp³-hybridized carbons (Fsp3) is 0.136. The molecule has 2 amide bonds. The van der Waals surface area contributed by atoms with Crippen molar-refractivity contribution in [2.75, 3.05) is 20.2 Å². The molecule has 3 rings (SSSR count). The van der Waals surface area contributed by atoms with Crippen molar-refractivity contribution in [3.05, 3.63) is 83.7 Å². The zero-order chi connectivity index (χ0) is 21.5. The van der Waals surface area contributed by atoms with Crippen molar-refractivity contribution in [1.82, 2.24) is 15.6 Å². The fourth-order valence-corrected chi connectivity index (χ4v) is 2.77. The number of halogens is 2. The van der Waals surface area contributed by atoms with Gasteiger partial charge >= 0.3 is 0 Å². The maximum absolute atomic E-state index is 14.4. The van der Waals surface area contributed by atoms with Gasteiger partial charge in [0.1, 0.15) is 17.4 Å². The lowest BCUT2D eigenvalue weighted by Crippen LogP contribution is -2.35. The molecule has 0 spiro atoms. The van der Waals surface area contributed by atoms with Crippen LogP contribution in [-0.4, -0.2) is 37.0 Å². The van der Waals surface area contributed by atoms with E-state index in [2.05, 4.69) is 15.6 Å². The number of hydrogen-bond acceptors (Lipinski definition) is 4. The Morgan fingerprint density at radius 2 is 1.73 bits per heavy atom. The maximum atomic E-state index is 14.4. The average molecular weight is 411 g/mol. The predicted molar refractivity (Wildman–Crippen MR) is 107 cm³/mol. The van der Waals surface area contributed by atoms with E-state index in [1.54, 1.807) is 24.4 Å². The van der Waals surface area contributed by atoms with Crippen LogP contribution in [0.4, 0.5) is 8.78 Å². The van der Waals surface area contributed by atoms with E-state index >= 15 is 0 Å². The molecule has 8 heteroatoms. The normalized spacial score (nSPS) is 10.4. The summed E-state index contributed by atoms with van der Waals surface area (Å²) >= 11 is 0. The topological polar surface area (TPSA) is 80.3 Å². The number of carbonyl (C=O) groups is 2. The van der Waals surface area contributed by atoms with Crippen LogP contribution in [0.5, 0.6) is 5.75 Å². The molecule has 154 valence electrons. The Morgan fingerprint density at radius 1 is 0.967 bits per heavy atom. The van der Waals surface area contributed by atoms with Crippen LogP contribution in [0.15, 0.2) is 60.9 Å². The third-order valence-electron chi connectivity index (χ3n) is 4.32. The summed E-state index contributed by atoms with van der Waals surface area (Å²) in [7, 11) is 1.42. The molecule has 0 aliphatic rings. The summed E-state index contributed by atoms with van der Waals surface area (Å²) in [5.41, 5.74) is 0.718. The van der Waals surface area contributed by atoms with Gasteiger partial charge in [0.05, 0.1) is 18.2 Å². The van der Waals surface area contributed by atoms with Gasteiger partial charge < -0.3 is 15.4 Å². The van der Waals surface area contributed by atoms with E-state index < -0.39 is 17.5 Å². The molecule has 1 heterocycles. The minimum Gasteiger partial charge on any atom is -0.497 e. The van der Waals surface area contributed by atoms with Crippen LogP contribution < -0.4 is 15.4 Å². The Bertz CT molecular complexity index is 1060. The number of hydrogen-bond donors (Lipinski definition) is 2. The van der Waals surface area contributed by atoms with Gasteiger partial charge in [-0.3, -0.25) is 14.6 Å². The Hall–Kier alpha value is -3.81. The molecule has 0 bridgehead atoms. The molecule has 0 radical (unpaired) electrons. The van der Waals surface area contributed by atoms with Crippen molar-refractivity contribution in [3.63, 3.8) is 0 Å². The van der Waals surface area contributed by atoms with Crippen molar-refractivity contribution in [2.45, 2.75) is 0 Å². The zero-order valence-electron chi connectivity index (χ0n) is 16.1. The monoisotopic (exact) mass is 411 g/mol. The largest absolute Gasteiger partial charge is 0.497 e. The van der Waals surface area contributed by atoms with Crippen LogP contribution in [0.3, 0.4) is 0 Å². The van der Waals surface area contributed by atoms with Crippen LogP contribution in [0, 0.1) is 11.6 Å². The molecule has 0 aliphatic heterocycles. The molecule has 0 unspecified atom stereocenters. The molecule has 2 aromatic carbocycles. The number of nitrogens with zero attached hydrogens (tertiary/aromatic N) is 1. The maximum Gasteiger partial charge on any atom is 0.254 e. The Labute approximate surface area is 171 Å². The lowest BCUT2D eigenvalue weighted by molar-refractivity contribution is 0.0925. The summed E-state index contributed by atoms with van der Waals surface area (Å²) in [5.74, 6) is -1.95. The summed E-state index contributed by atoms with van der Waals surface area (Å²) in [5, 5.41) is 5.16. The van der Waals surface area contributed by atoms with Crippen molar-refractivity contribution in [1.29, 1.82) is 0 Å². The number of amides is 2. The smallest absolute Gasteiger partial charge is 0.254 e. The molecule has 30 heavy (non-hydrogen) atoms. The second kappa shape index (κ2) is 9.60. The van der Waals surface area contributed by atoms with E-state index in [0.717, 1.165) is 6.07 Å². The molecule has 0 atom stereocenters. The van der Waals surface area contributed by atoms with Crippen molar-refractivity contribution < 1.29 is 23.1 Å². The zero-order valence-corrected chi connectivity index (χ0v) is 16.1. The minimum atomic E-state index is -0.778. The van der Waals surface area contributed by atoms with Gasteiger partial charge in [0.15, 0.2) is 0 Å². The highest BCUT2D eigenvalue weighted by Gasteiger charge is 2.14. The highest BCUT2D eigenvalue weighted by Crippen LogP contribution is 2.27. The second-order valence-electron chi connectivity index (χ2n) is 6.29. The number of aromatic nitrogens is 1. The predicted octanol–water partition coefficient (Wildman–Crippen LogP) is 3.20. The number of pyridine rings is 1. The molecule has 0 fully saturated rings. The van der Waals surface area contributed by atoms with Crippen molar-refractivity contribution in [2.24, 2.45) is 0 Å².